The van der Waals surface area contributed by atoms with E-state index >= 15 is 0 Å². The first kappa shape index (κ1) is 17.5. The molecule has 1 fully saturated rings. The quantitative estimate of drug-likeness (QED) is 0.630. The van der Waals surface area contributed by atoms with Gasteiger partial charge in [0, 0.05) is 24.5 Å². The van der Waals surface area contributed by atoms with Crippen molar-refractivity contribution in [3.8, 4) is 11.5 Å². The molecule has 0 saturated carbocycles. The molecule has 0 amide bonds. The van der Waals surface area contributed by atoms with E-state index in [0.717, 1.165) is 42.7 Å². The summed E-state index contributed by atoms with van der Waals surface area (Å²) in [6.07, 6.45) is 4.55. The van der Waals surface area contributed by atoms with E-state index < -0.39 is 6.92 Å². The average Bonchev–Trinajstić information content (AvgIpc) is 2.66. The van der Waals surface area contributed by atoms with Crippen LogP contribution in [-0.2, 0) is 4.79 Å². The lowest BCUT2D eigenvalue weighted by atomic mass is 9.62. The fourth-order valence-corrected chi connectivity index (χ4v) is 3.40. The van der Waals surface area contributed by atoms with Gasteiger partial charge in [0.05, 0.1) is 19.7 Å². The van der Waals surface area contributed by atoms with Crippen molar-refractivity contribution in [1.29, 1.82) is 0 Å². The third-order valence-corrected chi connectivity index (χ3v) is 4.77. The summed E-state index contributed by atoms with van der Waals surface area (Å²) in [6.45, 7) is 0.807. The number of piperidine rings is 1. The molecule has 0 aliphatic carbocycles. The Morgan fingerprint density at radius 3 is 2.56 bits per heavy atom. The number of carbonyl (C=O) groups excluding carboxylic acids is 1. The highest BCUT2D eigenvalue weighted by Gasteiger charge is 2.25. The predicted octanol–water partition coefficient (Wildman–Crippen LogP) is 1.62. The Morgan fingerprint density at radius 2 is 1.92 bits per heavy atom. The molecule has 1 aromatic carbocycles. The number of hydrogen-bond acceptors (Lipinski definition) is 7. The Labute approximate surface area is 147 Å². The van der Waals surface area contributed by atoms with Crippen LogP contribution in [-0.4, -0.2) is 55.4 Å². The summed E-state index contributed by atoms with van der Waals surface area (Å²) >= 11 is 0. The molecule has 25 heavy (non-hydrogen) atoms. The van der Waals surface area contributed by atoms with Crippen molar-refractivity contribution in [3.05, 3.63) is 18.5 Å². The van der Waals surface area contributed by atoms with E-state index in [2.05, 4.69) is 14.9 Å². The highest BCUT2D eigenvalue weighted by molar-refractivity contribution is 6.78. The molecule has 1 N–H and O–H groups in total. The van der Waals surface area contributed by atoms with Gasteiger partial charge in [-0.1, -0.05) is 0 Å². The Kier molecular flexibility index (Phi) is 5.38. The molecule has 1 saturated heterocycles. The SMILES string of the molecule is COc1cc2ncnc(N3CCC(CB(O)C=O)CC3)c2cc1OC. The topological polar surface area (TPSA) is 84.8 Å². The zero-order valence-electron chi connectivity index (χ0n) is 14.5. The lowest BCUT2D eigenvalue weighted by Gasteiger charge is -2.33. The highest BCUT2D eigenvalue weighted by Crippen LogP contribution is 2.36. The van der Waals surface area contributed by atoms with Crippen molar-refractivity contribution in [3.63, 3.8) is 0 Å². The Morgan fingerprint density at radius 1 is 1.24 bits per heavy atom. The van der Waals surface area contributed by atoms with Crippen LogP contribution in [0.5, 0.6) is 11.5 Å². The molecule has 7 nitrogen and oxygen atoms in total. The van der Waals surface area contributed by atoms with Crippen LogP contribution < -0.4 is 14.4 Å². The number of ether oxygens (including phenoxy) is 2. The van der Waals surface area contributed by atoms with E-state index in [1.54, 1.807) is 20.5 Å². The van der Waals surface area contributed by atoms with Gasteiger partial charge in [-0.25, -0.2) is 9.97 Å². The number of anilines is 1. The fourth-order valence-electron chi connectivity index (χ4n) is 3.40. The van der Waals surface area contributed by atoms with Gasteiger partial charge in [-0.05, 0) is 31.1 Å². The number of methoxy groups -OCH3 is 2. The predicted molar refractivity (Wildman–Crippen MR) is 97.1 cm³/mol. The van der Waals surface area contributed by atoms with E-state index in [4.69, 9.17) is 9.47 Å². The van der Waals surface area contributed by atoms with Gasteiger partial charge in [-0.2, -0.15) is 0 Å². The van der Waals surface area contributed by atoms with Crippen LogP contribution in [0.15, 0.2) is 18.5 Å². The normalized spacial score (nSPS) is 15.2. The molecule has 1 aliphatic rings. The fraction of sp³-hybridized carbons (Fsp3) is 0.471. The summed E-state index contributed by atoms with van der Waals surface area (Å²) < 4.78 is 10.7. The Bertz CT molecular complexity index is 750. The molecule has 3 rings (SSSR count). The zero-order chi connectivity index (χ0) is 17.8. The monoisotopic (exact) mass is 343 g/mol. The smallest absolute Gasteiger partial charge is 0.361 e. The van der Waals surface area contributed by atoms with Crippen LogP contribution >= 0.6 is 0 Å². The standard InChI is InChI=1S/C17H22BN3O4/c1-24-15-7-13-14(8-16(15)25-2)19-11-20-17(13)21-5-3-12(4-6-21)9-18(23)10-22/h7-8,10-12,23H,3-6,9H2,1-2H3. The van der Waals surface area contributed by atoms with Gasteiger partial charge in [-0.15, -0.1) is 0 Å². The van der Waals surface area contributed by atoms with E-state index in [1.165, 1.54) is 0 Å². The van der Waals surface area contributed by atoms with Gasteiger partial charge in [0.25, 0.3) is 0 Å². The van der Waals surface area contributed by atoms with Crippen LogP contribution in [0.3, 0.4) is 0 Å². The minimum atomic E-state index is -0.854. The summed E-state index contributed by atoms with van der Waals surface area (Å²) in [6, 6.07) is 3.76. The molecule has 2 heterocycles. The van der Waals surface area contributed by atoms with Crippen molar-refractivity contribution in [1.82, 2.24) is 9.97 Å². The number of hydrogen-bond donors (Lipinski definition) is 1. The first-order valence-electron chi connectivity index (χ1n) is 8.41. The van der Waals surface area contributed by atoms with Gasteiger partial charge in [0.15, 0.2) is 11.5 Å². The minimum Gasteiger partial charge on any atom is -0.493 e. The van der Waals surface area contributed by atoms with E-state index in [9.17, 15) is 9.82 Å². The molecule has 2 aromatic rings. The summed E-state index contributed by atoms with van der Waals surface area (Å²) in [5.41, 5.74) is 0.807. The molecule has 0 spiro atoms. The van der Waals surface area contributed by atoms with Crippen molar-refractivity contribution in [2.24, 2.45) is 5.92 Å². The van der Waals surface area contributed by atoms with Crippen LogP contribution in [0.4, 0.5) is 5.82 Å². The second-order valence-electron chi connectivity index (χ2n) is 6.29. The second-order valence-corrected chi connectivity index (χ2v) is 6.29. The summed E-state index contributed by atoms with van der Waals surface area (Å²) in [4.78, 5) is 21.7. The van der Waals surface area contributed by atoms with Crippen molar-refractivity contribution >= 4 is 29.8 Å². The van der Waals surface area contributed by atoms with Gasteiger partial charge < -0.3 is 24.2 Å². The minimum absolute atomic E-state index is 0.360. The molecule has 0 radical (unpaired) electrons. The third kappa shape index (κ3) is 3.68. The summed E-state index contributed by atoms with van der Waals surface area (Å²) in [7, 11) is 3.21. The number of benzene rings is 1. The number of aromatic nitrogens is 2. The van der Waals surface area contributed by atoms with E-state index in [-0.39, 0.29) is 0 Å². The van der Waals surface area contributed by atoms with Crippen molar-refractivity contribution in [2.75, 3.05) is 32.2 Å². The molecule has 0 unspecified atom stereocenters. The molecule has 0 bridgehead atoms. The molecule has 132 valence electrons. The van der Waals surface area contributed by atoms with E-state index in [0.29, 0.717) is 29.9 Å². The molecule has 1 aliphatic heterocycles. The highest BCUT2D eigenvalue weighted by atomic mass is 16.5. The second kappa shape index (κ2) is 7.69. The zero-order valence-corrected chi connectivity index (χ0v) is 14.5. The van der Waals surface area contributed by atoms with Gasteiger partial charge in [0.1, 0.15) is 18.3 Å². The summed E-state index contributed by atoms with van der Waals surface area (Å²) in [5, 5.41) is 10.4. The average molecular weight is 343 g/mol. The van der Waals surface area contributed by atoms with Crippen molar-refractivity contribution in [2.45, 2.75) is 19.2 Å². The first-order valence-corrected chi connectivity index (χ1v) is 8.41. The van der Waals surface area contributed by atoms with Crippen LogP contribution in [0, 0.1) is 5.92 Å². The maximum Gasteiger partial charge on any atom is 0.361 e. The Hall–Kier alpha value is -2.35. The molecule has 8 heteroatoms. The number of rotatable bonds is 6. The maximum atomic E-state index is 10.6. The molecular weight excluding hydrogens is 321 g/mol. The number of nitrogens with zero attached hydrogens (tertiary/aromatic N) is 3. The molecular formula is C17H22BN3O4. The maximum absolute atomic E-state index is 10.6. The van der Waals surface area contributed by atoms with Crippen LogP contribution in [0.1, 0.15) is 12.8 Å². The van der Waals surface area contributed by atoms with Crippen LogP contribution in [0.25, 0.3) is 10.9 Å². The third-order valence-electron chi connectivity index (χ3n) is 4.77. The van der Waals surface area contributed by atoms with Crippen LogP contribution in [0.2, 0.25) is 6.32 Å². The molecule has 1 aromatic heterocycles. The summed E-state index contributed by atoms with van der Waals surface area (Å²) in [5.74, 6) is 2.52. The Balaban J connectivity index is 1.83. The molecule has 0 atom stereocenters. The van der Waals surface area contributed by atoms with Gasteiger partial charge in [0.2, 0.25) is 0 Å². The van der Waals surface area contributed by atoms with Gasteiger partial charge in [-0.3, -0.25) is 0 Å². The van der Waals surface area contributed by atoms with Crippen molar-refractivity contribution < 1.29 is 19.3 Å². The number of carbonyl (C=O) groups is 1. The first-order chi connectivity index (χ1) is 12.2. The van der Waals surface area contributed by atoms with Gasteiger partial charge >= 0.3 is 6.92 Å². The number of fused-ring (bicyclic) bond motifs is 1. The lowest BCUT2D eigenvalue weighted by molar-refractivity contribution is 0.355. The largest absolute Gasteiger partial charge is 0.493 e. The lowest BCUT2D eigenvalue weighted by Crippen LogP contribution is -2.36. The van der Waals surface area contributed by atoms with E-state index in [1.807, 2.05) is 12.1 Å².